The lowest BCUT2D eigenvalue weighted by Crippen LogP contribution is -2.70. The largest absolute Gasteiger partial charge is 0.346 e. The Balaban J connectivity index is 1.24. The molecule has 6 heteroatoms. The molecule has 6 nitrogen and oxygen atoms in total. The summed E-state index contributed by atoms with van der Waals surface area (Å²) in [6.07, 6.45) is 0.629. The van der Waals surface area contributed by atoms with Crippen molar-refractivity contribution in [1.29, 1.82) is 0 Å². The predicted octanol–water partition coefficient (Wildman–Crippen LogP) is 2.16. The van der Waals surface area contributed by atoms with Gasteiger partial charge in [0, 0.05) is 57.4 Å². The third-order valence-corrected chi connectivity index (χ3v) is 7.29. The van der Waals surface area contributed by atoms with Crippen molar-refractivity contribution in [2.75, 3.05) is 19.6 Å². The molecule has 2 unspecified atom stereocenters. The van der Waals surface area contributed by atoms with Crippen molar-refractivity contribution in [3.8, 4) is 0 Å². The van der Waals surface area contributed by atoms with Crippen LogP contribution >= 0.6 is 0 Å². The van der Waals surface area contributed by atoms with Gasteiger partial charge in [0.2, 0.25) is 11.8 Å². The fraction of sp³-hybridized carbons (Fsp3) is 0.360. The summed E-state index contributed by atoms with van der Waals surface area (Å²) in [6.45, 7) is 3.32. The number of para-hydroxylation sites is 1. The van der Waals surface area contributed by atoms with Crippen LogP contribution in [0, 0.1) is 0 Å². The first kappa shape index (κ1) is 18.6. The summed E-state index contributed by atoms with van der Waals surface area (Å²) in [7, 11) is 2.10. The maximum atomic E-state index is 13.5. The molecule has 2 aromatic carbocycles. The van der Waals surface area contributed by atoms with Crippen LogP contribution in [0.15, 0.2) is 54.6 Å². The third kappa shape index (κ3) is 2.89. The molecule has 0 radical (unpaired) electrons. The van der Waals surface area contributed by atoms with Crippen molar-refractivity contribution in [3.63, 3.8) is 0 Å². The highest BCUT2D eigenvalue weighted by molar-refractivity contribution is 5.98. The minimum absolute atomic E-state index is 0.0980. The SMILES string of the molecule is Cn1c(CN2CCN3C(=O)C4Cc5ccccc5CN4C(=O)C3C2)cc2ccccc21. The van der Waals surface area contributed by atoms with Gasteiger partial charge >= 0.3 is 0 Å². The Bertz CT molecular complexity index is 1200. The summed E-state index contributed by atoms with van der Waals surface area (Å²) in [5.41, 5.74) is 4.80. The van der Waals surface area contributed by atoms with E-state index in [0.717, 1.165) is 18.7 Å². The van der Waals surface area contributed by atoms with Crippen molar-refractivity contribution in [3.05, 3.63) is 71.4 Å². The summed E-state index contributed by atoms with van der Waals surface area (Å²) in [5.74, 6) is 0.212. The molecular weight excluding hydrogens is 388 g/mol. The van der Waals surface area contributed by atoms with Crippen LogP contribution < -0.4 is 0 Å². The molecule has 2 saturated heterocycles. The molecule has 2 atom stereocenters. The van der Waals surface area contributed by atoms with E-state index in [0.29, 0.717) is 26.1 Å². The Hall–Kier alpha value is -3.12. The quantitative estimate of drug-likeness (QED) is 0.646. The van der Waals surface area contributed by atoms with E-state index in [1.54, 1.807) is 0 Å². The molecule has 0 N–H and O–H groups in total. The lowest BCUT2D eigenvalue weighted by molar-refractivity contribution is -0.167. The Morgan fingerprint density at radius 1 is 0.871 bits per heavy atom. The van der Waals surface area contributed by atoms with E-state index in [9.17, 15) is 9.59 Å². The second kappa shape index (κ2) is 6.95. The maximum absolute atomic E-state index is 13.5. The van der Waals surface area contributed by atoms with Gasteiger partial charge in [-0.25, -0.2) is 0 Å². The molecule has 1 aromatic heterocycles. The number of piperazine rings is 2. The van der Waals surface area contributed by atoms with Gasteiger partial charge in [-0.05, 0) is 28.6 Å². The fourth-order valence-electron chi connectivity index (χ4n) is 5.54. The van der Waals surface area contributed by atoms with Gasteiger partial charge in [-0.1, -0.05) is 42.5 Å². The molecule has 3 aliphatic rings. The summed E-state index contributed by atoms with van der Waals surface area (Å²) in [5, 5.41) is 1.23. The first-order valence-corrected chi connectivity index (χ1v) is 11.0. The second-order valence-electron chi connectivity index (χ2n) is 8.99. The van der Waals surface area contributed by atoms with Crippen LogP contribution in [0.5, 0.6) is 0 Å². The molecular formula is C25H26N4O2. The van der Waals surface area contributed by atoms with E-state index in [1.165, 1.54) is 22.2 Å². The average Bonchev–Trinajstić information content (AvgIpc) is 3.12. The molecule has 0 aliphatic carbocycles. The number of carbonyl (C=O) groups is 2. The van der Waals surface area contributed by atoms with Crippen molar-refractivity contribution in [2.45, 2.75) is 31.6 Å². The zero-order chi connectivity index (χ0) is 21.1. The highest BCUT2D eigenvalue weighted by Gasteiger charge is 2.49. The number of aromatic nitrogens is 1. The van der Waals surface area contributed by atoms with Crippen molar-refractivity contribution in [2.24, 2.45) is 7.05 Å². The normalized spacial score (nSPS) is 23.6. The number of hydrogen-bond acceptors (Lipinski definition) is 3. The summed E-state index contributed by atoms with van der Waals surface area (Å²) in [6, 6.07) is 18.1. The number of rotatable bonds is 2. The molecule has 6 rings (SSSR count). The number of nitrogens with zero attached hydrogens (tertiary/aromatic N) is 4. The van der Waals surface area contributed by atoms with E-state index in [1.807, 2.05) is 21.9 Å². The molecule has 3 aliphatic heterocycles. The molecule has 2 amide bonds. The number of carbonyl (C=O) groups excluding carboxylic acids is 2. The summed E-state index contributed by atoms with van der Waals surface area (Å²) in [4.78, 5) is 32.7. The lowest BCUT2D eigenvalue weighted by Gasteiger charge is -2.50. The average molecular weight is 415 g/mol. The third-order valence-electron chi connectivity index (χ3n) is 7.29. The van der Waals surface area contributed by atoms with E-state index in [2.05, 4.69) is 59.0 Å². The number of aryl methyl sites for hydroxylation is 1. The fourth-order valence-corrected chi connectivity index (χ4v) is 5.54. The van der Waals surface area contributed by atoms with Crippen molar-refractivity contribution >= 4 is 22.7 Å². The minimum Gasteiger partial charge on any atom is -0.346 e. The lowest BCUT2D eigenvalue weighted by atomic mass is 9.89. The van der Waals surface area contributed by atoms with Crippen LogP contribution in [0.1, 0.15) is 16.8 Å². The van der Waals surface area contributed by atoms with Crippen LogP contribution in [0.3, 0.4) is 0 Å². The van der Waals surface area contributed by atoms with Gasteiger partial charge in [0.05, 0.1) is 0 Å². The van der Waals surface area contributed by atoms with E-state index < -0.39 is 0 Å². The van der Waals surface area contributed by atoms with Gasteiger partial charge in [0.1, 0.15) is 12.1 Å². The van der Waals surface area contributed by atoms with Crippen LogP contribution in [0.2, 0.25) is 0 Å². The van der Waals surface area contributed by atoms with Gasteiger partial charge in [0.25, 0.3) is 0 Å². The molecule has 31 heavy (non-hydrogen) atoms. The van der Waals surface area contributed by atoms with Gasteiger partial charge < -0.3 is 14.4 Å². The van der Waals surface area contributed by atoms with Gasteiger partial charge in [0.15, 0.2) is 0 Å². The van der Waals surface area contributed by atoms with Gasteiger partial charge in [-0.15, -0.1) is 0 Å². The highest BCUT2D eigenvalue weighted by Crippen LogP contribution is 2.31. The summed E-state index contributed by atoms with van der Waals surface area (Å²) < 4.78 is 2.23. The monoisotopic (exact) mass is 414 g/mol. The predicted molar refractivity (Wildman–Crippen MR) is 118 cm³/mol. The van der Waals surface area contributed by atoms with Crippen LogP contribution in [0.25, 0.3) is 10.9 Å². The van der Waals surface area contributed by atoms with Crippen LogP contribution in [-0.2, 0) is 36.1 Å². The molecule has 0 saturated carbocycles. The molecule has 158 valence electrons. The first-order chi connectivity index (χ1) is 15.1. The Kier molecular flexibility index (Phi) is 4.18. The van der Waals surface area contributed by atoms with E-state index in [-0.39, 0.29) is 23.9 Å². The maximum Gasteiger partial charge on any atom is 0.247 e. The van der Waals surface area contributed by atoms with E-state index in [4.69, 9.17) is 0 Å². The van der Waals surface area contributed by atoms with Crippen LogP contribution in [0.4, 0.5) is 0 Å². The minimum atomic E-state index is -0.377. The van der Waals surface area contributed by atoms with E-state index >= 15 is 0 Å². The topological polar surface area (TPSA) is 48.8 Å². The zero-order valence-corrected chi connectivity index (χ0v) is 17.7. The standard InChI is InChI=1S/C25H26N4O2/c1-26-20(12-18-7-4-5-9-21(18)26)15-27-10-11-28-23(16-27)25(31)29-14-19-8-3-2-6-17(19)13-22(29)24(28)30/h2-9,12,22-23H,10-11,13-16H2,1H3. The molecule has 2 fully saturated rings. The van der Waals surface area contributed by atoms with Crippen molar-refractivity contribution in [1.82, 2.24) is 19.3 Å². The van der Waals surface area contributed by atoms with Gasteiger partial charge in [-0.2, -0.15) is 0 Å². The molecule has 0 bridgehead atoms. The molecule has 0 spiro atoms. The highest BCUT2D eigenvalue weighted by atomic mass is 16.2. The number of amides is 2. The molecule has 4 heterocycles. The Morgan fingerprint density at radius 3 is 2.45 bits per heavy atom. The first-order valence-electron chi connectivity index (χ1n) is 11.0. The molecule has 3 aromatic rings. The number of fused-ring (bicyclic) bond motifs is 4. The summed E-state index contributed by atoms with van der Waals surface area (Å²) >= 11 is 0. The zero-order valence-electron chi connectivity index (χ0n) is 17.7. The van der Waals surface area contributed by atoms with Gasteiger partial charge in [-0.3, -0.25) is 14.5 Å². The Labute approximate surface area is 181 Å². The van der Waals surface area contributed by atoms with Crippen molar-refractivity contribution < 1.29 is 9.59 Å². The number of hydrogen-bond donors (Lipinski definition) is 0. The smallest absolute Gasteiger partial charge is 0.247 e. The number of benzene rings is 2. The Morgan fingerprint density at radius 2 is 1.61 bits per heavy atom. The van der Waals surface area contributed by atoms with Crippen LogP contribution in [-0.4, -0.2) is 62.8 Å². The second-order valence-corrected chi connectivity index (χ2v) is 8.99.